The Morgan fingerprint density at radius 3 is 2.16 bits per heavy atom. The molecule has 0 N–H and O–H groups in total. The first-order valence-corrected chi connectivity index (χ1v) is 7.76. The van der Waals surface area contributed by atoms with Gasteiger partial charge in [0.2, 0.25) is 0 Å². The normalized spacial score (nSPS) is 14.7. The molecule has 4 rings (SSSR count). The number of amides is 2. The number of hydrogen-bond donors (Lipinski definition) is 0. The molecule has 0 spiro atoms. The Kier molecular flexibility index (Phi) is 3.38. The van der Waals surface area contributed by atoms with Crippen molar-refractivity contribution < 1.29 is 9.59 Å². The van der Waals surface area contributed by atoms with Gasteiger partial charge in [0.1, 0.15) is 5.82 Å². The van der Waals surface area contributed by atoms with E-state index in [1.54, 1.807) is 56.6 Å². The Balaban J connectivity index is 1.78. The first kappa shape index (κ1) is 15.1. The van der Waals surface area contributed by atoms with Gasteiger partial charge in [-0.2, -0.15) is 4.68 Å². The van der Waals surface area contributed by atoms with Crippen molar-refractivity contribution in [2.24, 2.45) is 0 Å². The number of imide groups is 1. The fraction of sp³-hybridized carbons (Fsp3) is 0.176. The van der Waals surface area contributed by atoms with E-state index < -0.39 is 6.04 Å². The van der Waals surface area contributed by atoms with Crippen LogP contribution in [0.25, 0.3) is 5.95 Å². The Hall–Kier alpha value is -3.42. The van der Waals surface area contributed by atoms with Gasteiger partial charge in [-0.1, -0.05) is 12.1 Å². The molecule has 8 nitrogen and oxygen atoms in total. The van der Waals surface area contributed by atoms with E-state index in [-0.39, 0.29) is 11.8 Å². The SMILES string of the molecule is Cc1nc(C(C)N2C(=O)c3ccccc3C2=O)n(-c2ncccn2)n1. The lowest BCUT2D eigenvalue weighted by molar-refractivity contribution is 0.0587. The summed E-state index contributed by atoms with van der Waals surface area (Å²) in [6.07, 6.45) is 3.19. The number of nitrogens with zero attached hydrogens (tertiary/aromatic N) is 6. The second kappa shape index (κ2) is 5.59. The van der Waals surface area contributed by atoms with Crippen LogP contribution in [0.4, 0.5) is 0 Å². The molecule has 25 heavy (non-hydrogen) atoms. The van der Waals surface area contributed by atoms with Gasteiger partial charge in [-0.25, -0.2) is 15.0 Å². The van der Waals surface area contributed by atoms with Crippen LogP contribution in [0.2, 0.25) is 0 Å². The molecule has 1 aliphatic rings. The molecule has 0 aliphatic carbocycles. The number of hydrogen-bond acceptors (Lipinski definition) is 6. The van der Waals surface area contributed by atoms with E-state index >= 15 is 0 Å². The molecule has 1 aliphatic heterocycles. The summed E-state index contributed by atoms with van der Waals surface area (Å²) in [7, 11) is 0. The predicted octanol–water partition coefficient (Wildman–Crippen LogP) is 1.72. The van der Waals surface area contributed by atoms with Crippen LogP contribution in [0.1, 0.15) is 45.3 Å². The summed E-state index contributed by atoms with van der Waals surface area (Å²) in [5.74, 6) is 0.592. The van der Waals surface area contributed by atoms with Gasteiger partial charge in [0.15, 0.2) is 5.82 Å². The topological polar surface area (TPSA) is 93.9 Å². The fourth-order valence-electron chi connectivity index (χ4n) is 2.92. The van der Waals surface area contributed by atoms with E-state index in [1.807, 2.05) is 0 Å². The van der Waals surface area contributed by atoms with Crippen molar-refractivity contribution in [2.75, 3.05) is 0 Å². The molecule has 0 bridgehead atoms. The van der Waals surface area contributed by atoms with E-state index in [0.717, 1.165) is 0 Å². The van der Waals surface area contributed by atoms with Gasteiger partial charge in [0, 0.05) is 12.4 Å². The largest absolute Gasteiger partial charge is 0.269 e. The monoisotopic (exact) mass is 334 g/mol. The van der Waals surface area contributed by atoms with Gasteiger partial charge in [-0.3, -0.25) is 14.5 Å². The van der Waals surface area contributed by atoms with Crippen molar-refractivity contribution in [1.29, 1.82) is 0 Å². The van der Waals surface area contributed by atoms with Crippen LogP contribution >= 0.6 is 0 Å². The van der Waals surface area contributed by atoms with Gasteiger partial charge in [0.25, 0.3) is 17.8 Å². The first-order chi connectivity index (χ1) is 12.1. The van der Waals surface area contributed by atoms with Crippen LogP contribution in [-0.4, -0.2) is 41.4 Å². The third kappa shape index (κ3) is 2.30. The zero-order valence-electron chi connectivity index (χ0n) is 13.6. The highest BCUT2D eigenvalue weighted by molar-refractivity contribution is 6.21. The minimum atomic E-state index is -0.614. The van der Waals surface area contributed by atoms with Gasteiger partial charge < -0.3 is 0 Å². The fourth-order valence-corrected chi connectivity index (χ4v) is 2.92. The lowest BCUT2D eigenvalue weighted by Gasteiger charge is -2.21. The van der Waals surface area contributed by atoms with E-state index in [2.05, 4.69) is 20.1 Å². The molecule has 0 fully saturated rings. The molecule has 2 amide bonds. The van der Waals surface area contributed by atoms with E-state index in [0.29, 0.717) is 28.7 Å². The van der Waals surface area contributed by atoms with Gasteiger partial charge in [-0.15, -0.1) is 5.10 Å². The zero-order chi connectivity index (χ0) is 17.6. The van der Waals surface area contributed by atoms with Crippen LogP contribution in [0.3, 0.4) is 0 Å². The van der Waals surface area contributed by atoms with E-state index in [1.165, 1.54) is 9.58 Å². The molecule has 1 atom stereocenters. The number of rotatable bonds is 3. The molecule has 124 valence electrons. The number of aryl methyl sites for hydroxylation is 1. The molecule has 1 aromatic carbocycles. The zero-order valence-corrected chi connectivity index (χ0v) is 13.6. The van der Waals surface area contributed by atoms with E-state index in [4.69, 9.17) is 0 Å². The third-order valence-electron chi connectivity index (χ3n) is 4.07. The maximum Gasteiger partial charge on any atom is 0.262 e. The molecule has 0 saturated carbocycles. The minimum absolute atomic E-state index is 0.335. The van der Waals surface area contributed by atoms with Gasteiger partial charge >= 0.3 is 0 Å². The summed E-state index contributed by atoms with van der Waals surface area (Å²) in [5.41, 5.74) is 0.802. The van der Waals surface area contributed by atoms with Crippen LogP contribution < -0.4 is 0 Å². The number of carbonyl (C=O) groups excluding carboxylic acids is 2. The number of carbonyl (C=O) groups is 2. The van der Waals surface area contributed by atoms with Crippen molar-refractivity contribution in [3.05, 3.63) is 65.5 Å². The van der Waals surface area contributed by atoms with Crippen LogP contribution in [0.5, 0.6) is 0 Å². The second-order valence-corrected chi connectivity index (χ2v) is 5.68. The summed E-state index contributed by atoms with van der Waals surface area (Å²) in [6.45, 7) is 3.47. The highest BCUT2D eigenvalue weighted by Gasteiger charge is 2.40. The average molecular weight is 334 g/mol. The molecule has 0 radical (unpaired) electrons. The number of fused-ring (bicyclic) bond motifs is 1. The Morgan fingerprint density at radius 2 is 1.56 bits per heavy atom. The quantitative estimate of drug-likeness (QED) is 0.677. The first-order valence-electron chi connectivity index (χ1n) is 7.76. The molecule has 3 aromatic rings. The average Bonchev–Trinajstić information content (AvgIpc) is 3.14. The molecule has 0 saturated heterocycles. The number of benzene rings is 1. The predicted molar refractivity (Wildman–Crippen MR) is 87.0 cm³/mol. The molecular formula is C17H14N6O2. The van der Waals surface area contributed by atoms with Crippen molar-refractivity contribution in [3.8, 4) is 5.95 Å². The summed E-state index contributed by atoms with van der Waals surface area (Å²) in [5, 5.41) is 4.30. The smallest absolute Gasteiger partial charge is 0.262 e. The molecule has 8 heteroatoms. The third-order valence-corrected chi connectivity index (χ3v) is 4.07. The molecule has 1 unspecified atom stereocenters. The summed E-state index contributed by atoms with van der Waals surface area (Å²) in [6, 6.07) is 7.86. The van der Waals surface area contributed by atoms with E-state index in [9.17, 15) is 9.59 Å². The Bertz CT molecular complexity index is 947. The lowest BCUT2D eigenvalue weighted by atomic mass is 10.1. The van der Waals surface area contributed by atoms with Gasteiger partial charge in [-0.05, 0) is 32.0 Å². The van der Waals surface area contributed by atoms with Crippen LogP contribution in [0.15, 0.2) is 42.7 Å². The minimum Gasteiger partial charge on any atom is -0.269 e. The van der Waals surface area contributed by atoms with Gasteiger partial charge in [0.05, 0.1) is 17.2 Å². The van der Waals surface area contributed by atoms with Crippen molar-refractivity contribution in [1.82, 2.24) is 29.6 Å². The van der Waals surface area contributed by atoms with Crippen LogP contribution in [-0.2, 0) is 0 Å². The Labute approximate surface area is 143 Å². The Morgan fingerprint density at radius 1 is 0.960 bits per heavy atom. The highest BCUT2D eigenvalue weighted by Crippen LogP contribution is 2.30. The summed E-state index contributed by atoms with van der Waals surface area (Å²) < 4.78 is 1.46. The van der Waals surface area contributed by atoms with Crippen LogP contribution in [0, 0.1) is 6.92 Å². The standard InChI is InChI=1S/C17H14N6O2/c1-10(22-15(24)12-6-3-4-7-13(12)16(22)25)14-20-11(2)21-23(14)17-18-8-5-9-19-17/h3-10H,1-2H3. The van der Waals surface area contributed by atoms with Crippen molar-refractivity contribution >= 4 is 11.8 Å². The second-order valence-electron chi connectivity index (χ2n) is 5.68. The summed E-state index contributed by atoms with van der Waals surface area (Å²) in [4.78, 5) is 39.3. The molecule has 3 heterocycles. The maximum absolute atomic E-state index is 12.7. The highest BCUT2D eigenvalue weighted by atomic mass is 16.2. The van der Waals surface area contributed by atoms with Crippen molar-refractivity contribution in [2.45, 2.75) is 19.9 Å². The summed E-state index contributed by atoms with van der Waals surface area (Å²) >= 11 is 0. The lowest BCUT2D eigenvalue weighted by Crippen LogP contribution is -2.34. The maximum atomic E-state index is 12.7. The van der Waals surface area contributed by atoms with Crippen molar-refractivity contribution in [3.63, 3.8) is 0 Å². The molecule has 2 aromatic heterocycles. The molecular weight excluding hydrogens is 320 g/mol. The number of aromatic nitrogens is 5.